The molecule has 0 saturated carbocycles. The summed E-state index contributed by atoms with van der Waals surface area (Å²) in [5, 5.41) is 7.28. The smallest absolute Gasteiger partial charge is 0.0422 e. The number of hydrogen-bond donors (Lipinski definition) is 2. The van der Waals surface area contributed by atoms with Crippen molar-refractivity contribution in [1.29, 1.82) is 0 Å². The summed E-state index contributed by atoms with van der Waals surface area (Å²) in [6.45, 7) is 8.62. The van der Waals surface area contributed by atoms with Crippen molar-refractivity contribution in [2.24, 2.45) is 0 Å². The third-order valence-corrected chi connectivity index (χ3v) is 5.17. The van der Waals surface area contributed by atoms with Crippen LogP contribution in [0.5, 0.6) is 0 Å². The van der Waals surface area contributed by atoms with Crippen molar-refractivity contribution in [3.8, 4) is 0 Å². The molecule has 3 rings (SSSR count). The lowest BCUT2D eigenvalue weighted by atomic mass is 9.74. The van der Waals surface area contributed by atoms with Gasteiger partial charge in [0, 0.05) is 18.5 Å². The SMILES string of the molecule is CCNCC1(CNCC)C2=C(CCCC2)c2ccccc21. The molecule has 0 bridgehead atoms. The summed E-state index contributed by atoms with van der Waals surface area (Å²) >= 11 is 0. The molecule has 0 amide bonds. The van der Waals surface area contributed by atoms with E-state index in [9.17, 15) is 0 Å². The number of hydrogen-bond acceptors (Lipinski definition) is 2. The molecule has 0 unspecified atom stereocenters. The number of rotatable bonds is 6. The van der Waals surface area contributed by atoms with Gasteiger partial charge in [0.05, 0.1) is 0 Å². The minimum absolute atomic E-state index is 0.179. The molecule has 1 aromatic rings. The van der Waals surface area contributed by atoms with E-state index in [0.717, 1.165) is 26.2 Å². The fourth-order valence-electron chi connectivity index (χ4n) is 4.20. The summed E-state index contributed by atoms with van der Waals surface area (Å²) in [7, 11) is 0. The third-order valence-electron chi connectivity index (χ3n) is 5.17. The van der Waals surface area contributed by atoms with Crippen LogP contribution in [-0.2, 0) is 5.41 Å². The number of nitrogens with one attached hydrogen (secondary N) is 2. The van der Waals surface area contributed by atoms with E-state index >= 15 is 0 Å². The first kappa shape index (κ1) is 14.8. The van der Waals surface area contributed by atoms with Gasteiger partial charge in [-0.15, -0.1) is 0 Å². The molecule has 2 heteroatoms. The van der Waals surface area contributed by atoms with Gasteiger partial charge >= 0.3 is 0 Å². The van der Waals surface area contributed by atoms with E-state index in [1.807, 2.05) is 0 Å². The predicted molar refractivity (Wildman–Crippen MR) is 90.6 cm³/mol. The molecule has 114 valence electrons. The highest BCUT2D eigenvalue weighted by Crippen LogP contribution is 2.51. The number of likely N-dealkylation sites (N-methyl/N-ethyl adjacent to an activating group) is 2. The van der Waals surface area contributed by atoms with Crippen molar-refractivity contribution in [3.63, 3.8) is 0 Å². The third kappa shape index (κ3) is 2.45. The summed E-state index contributed by atoms with van der Waals surface area (Å²) in [6.07, 6.45) is 5.26. The average Bonchev–Trinajstić information content (AvgIpc) is 2.82. The Morgan fingerprint density at radius 2 is 1.62 bits per heavy atom. The second-order valence-corrected chi connectivity index (χ2v) is 6.35. The Morgan fingerprint density at radius 3 is 2.33 bits per heavy atom. The van der Waals surface area contributed by atoms with Crippen molar-refractivity contribution in [3.05, 3.63) is 41.0 Å². The van der Waals surface area contributed by atoms with Gasteiger partial charge in [-0.1, -0.05) is 43.7 Å². The first-order valence-electron chi connectivity index (χ1n) is 8.57. The molecular weight excluding hydrogens is 256 g/mol. The molecule has 1 aromatic carbocycles. The number of allylic oxidation sites excluding steroid dienone is 1. The second kappa shape index (κ2) is 6.33. The Balaban J connectivity index is 2.08. The Bertz CT molecular complexity index is 522. The van der Waals surface area contributed by atoms with E-state index in [1.54, 1.807) is 16.7 Å². The molecule has 0 radical (unpaired) electrons. The summed E-state index contributed by atoms with van der Waals surface area (Å²) in [5.74, 6) is 0. The minimum atomic E-state index is 0.179. The summed E-state index contributed by atoms with van der Waals surface area (Å²) < 4.78 is 0. The molecule has 0 spiro atoms. The fourth-order valence-corrected chi connectivity index (χ4v) is 4.20. The van der Waals surface area contributed by atoms with Crippen LogP contribution in [0.1, 0.15) is 50.7 Å². The van der Waals surface area contributed by atoms with Crippen molar-refractivity contribution in [2.45, 2.75) is 44.9 Å². The van der Waals surface area contributed by atoms with Gasteiger partial charge in [-0.25, -0.2) is 0 Å². The molecule has 0 aliphatic heterocycles. The van der Waals surface area contributed by atoms with Gasteiger partial charge in [0.15, 0.2) is 0 Å². The van der Waals surface area contributed by atoms with Crippen LogP contribution in [0, 0.1) is 0 Å². The lowest BCUT2D eigenvalue weighted by Crippen LogP contribution is -2.46. The second-order valence-electron chi connectivity index (χ2n) is 6.35. The van der Waals surface area contributed by atoms with Crippen LogP contribution in [0.3, 0.4) is 0 Å². The van der Waals surface area contributed by atoms with E-state index in [2.05, 4.69) is 48.7 Å². The normalized spacial score (nSPS) is 19.5. The van der Waals surface area contributed by atoms with Crippen LogP contribution in [0.4, 0.5) is 0 Å². The van der Waals surface area contributed by atoms with Gasteiger partial charge in [0.2, 0.25) is 0 Å². The van der Waals surface area contributed by atoms with Crippen LogP contribution < -0.4 is 10.6 Å². The van der Waals surface area contributed by atoms with Crippen LogP contribution in [0.15, 0.2) is 29.8 Å². The zero-order valence-electron chi connectivity index (χ0n) is 13.5. The Morgan fingerprint density at radius 1 is 0.952 bits per heavy atom. The molecule has 2 aliphatic rings. The van der Waals surface area contributed by atoms with Gasteiger partial charge in [-0.3, -0.25) is 0 Å². The summed E-state index contributed by atoms with van der Waals surface area (Å²) in [4.78, 5) is 0. The van der Waals surface area contributed by atoms with Gasteiger partial charge in [0.25, 0.3) is 0 Å². The van der Waals surface area contributed by atoms with E-state index in [-0.39, 0.29) is 5.41 Å². The largest absolute Gasteiger partial charge is 0.316 e. The average molecular weight is 284 g/mol. The van der Waals surface area contributed by atoms with Crippen molar-refractivity contribution < 1.29 is 0 Å². The highest BCUT2D eigenvalue weighted by Gasteiger charge is 2.44. The molecule has 0 saturated heterocycles. The minimum Gasteiger partial charge on any atom is -0.316 e. The van der Waals surface area contributed by atoms with Crippen molar-refractivity contribution >= 4 is 5.57 Å². The number of benzene rings is 1. The topological polar surface area (TPSA) is 24.1 Å². The number of fused-ring (bicyclic) bond motifs is 2. The lowest BCUT2D eigenvalue weighted by molar-refractivity contribution is 0.421. The molecule has 0 fully saturated rings. The Kier molecular flexibility index (Phi) is 4.46. The summed E-state index contributed by atoms with van der Waals surface area (Å²) in [5.41, 5.74) is 6.64. The highest BCUT2D eigenvalue weighted by molar-refractivity contribution is 5.81. The Hall–Kier alpha value is -1.12. The summed E-state index contributed by atoms with van der Waals surface area (Å²) in [6, 6.07) is 9.12. The van der Waals surface area contributed by atoms with E-state index in [4.69, 9.17) is 0 Å². The fraction of sp³-hybridized carbons (Fsp3) is 0.579. The van der Waals surface area contributed by atoms with E-state index < -0.39 is 0 Å². The molecule has 0 aromatic heterocycles. The van der Waals surface area contributed by atoms with Gasteiger partial charge in [0.1, 0.15) is 0 Å². The van der Waals surface area contributed by atoms with Crippen LogP contribution >= 0.6 is 0 Å². The van der Waals surface area contributed by atoms with Gasteiger partial charge in [-0.2, -0.15) is 0 Å². The molecular formula is C19H28N2. The first-order valence-corrected chi connectivity index (χ1v) is 8.57. The van der Waals surface area contributed by atoms with Crippen LogP contribution in [0.25, 0.3) is 5.57 Å². The van der Waals surface area contributed by atoms with E-state index in [0.29, 0.717) is 0 Å². The molecule has 2 nitrogen and oxygen atoms in total. The van der Waals surface area contributed by atoms with Crippen molar-refractivity contribution in [2.75, 3.05) is 26.2 Å². The van der Waals surface area contributed by atoms with E-state index in [1.165, 1.54) is 31.2 Å². The van der Waals surface area contributed by atoms with Crippen molar-refractivity contribution in [1.82, 2.24) is 10.6 Å². The highest BCUT2D eigenvalue weighted by atomic mass is 14.9. The van der Waals surface area contributed by atoms with Crippen LogP contribution in [-0.4, -0.2) is 26.2 Å². The maximum atomic E-state index is 3.64. The molecule has 2 N–H and O–H groups in total. The quantitative estimate of drug-likeness (QED) is 0.835. The zero-order chi connectivity index (χ0) is 14.7. The molecule has 0 heterocycles. The maximum absolute atomic E-state index is 3.64. The zero-order valence-corrected chi connectivity index (χ0v) is 13.5. The van der Waals surface area contributed by atoms with Gasteiger partial charge in [-0.05, 0) is 55.5 Å². The lowest BCUT2D eigenvalue weighted by Gasteiger charge is -2.36. The van der Waals surface area contributed by atoms with Crippen LogP contribution in [0.2, 0.25) is 0 Å². The first-order chi connectivity index (χ1) is 10.3. The predicted octanol–water partition coefficient (Wildman–Crippen LogP) is 3.48. The monoisotopic (exact) mass is 284 g/mol. The molecule has 21 heavy (non-hydrogen) atoms. The standard InChI is InChI=1S/C19H28N2/c1-3-20-13-19(14-21-4-2)17-11-7-5-9-15(17)16-10-6-8-12-18(16)19/h5,7,9,11,20-21H,3-4,6,8,10,12-14H2,1-2H3. The maximum Gasteiger partial charge on any atom is 0.0422 e. The Labute approximate surface area is 129 Å². The van der Waals surface area contributed by atoms with Gasteiger partial charge < -0.3 is 10.6 Å². The molecule has 2 aliphatic carbocycles. The molecule has 0 atom stereocenters.